The van der Waals surface area contributed by atoms with Crippen LogP contribution in [-0.4, -0.2) is 46.6 Å². The third-order valence-corrected chi connectivity index (χ3v) is 7.07. The minimum Gasteiger partial charge on any atom is -0.348 e. The van der Waals surface area contributed by atoms with E-state index < -0.39 is 37.9 Å². The average Bonchev–Trinajstić information content (AvgIpc) is 2.66. The Bertz CT molecular complexity index is 1050. The zero-order chi connectivity index (χ0) is 21.8. The number of benzene rings is 2. The maximum atomic E-state index is 13.1. The highest BCUT2D eigenvalue weighted by Crippen LogP contribution is 2.25. The molecule has 0 aliphatic rings. The molecule has 2 aromatic carbocycles. The van der Waals surface area contributed by atoms with Gasteiger partial charge in [-0.2, -0.15) is 4.31 Å². The normalized spacial score (nSPS) is 14.4. The van der Waals surface area contributed by atoms with Crippen molar-refractivity contribution < 1.29 is 21.6 Å². The van der Waals surface area contributed by atoms with Gasteiger partial charge in [0.05, 0.1) is 17.2 Å². The number of likely N-dealkylation sites (N-methyl/N-ethyl adjacent to an activating group) is 1. The van der Waals surface area contributed by atoms with E-state index in [0.29, 0.717) is 12.0 Å². The van der Waals surface area contributed by atoms with E-state index in [-0.39, 0.29) is 4.90 Å². The summed E-state index contributed by atoms with van der Waals surface area (Å²) >= 11 is 0. The first-order valence-electron chi connectivity index (χ1n) is 9.03. The molecule has 1 amide bonds. The molecule has 7 nitrogen and oxygen atoms in total. The van der Waals surface area contributed by atoms with Crippen molar-refractivity contribution in [1.82, 2.24) is 9.62 Å². The molecule has 0 aromatic heterocycles. The Hall–Kier alpha value is -2.23. The van der Waals surface area contributed by atoms with Crippen molar-refractivity contribution in [2.45, 2.75) is 30.3 Å². The second kappa shape index (κ2) is 9.06. The van der Waals surface area contributed by atoms with Crippen molar-refractivity contribution in [3.8, 4) is 0 Å². The molecule has 2 rings (SSSR count). The lowest BCUT2D eigenvalue weighted by atomic mass is 10.0. The zero-order valence-electron chi connectivity index (χ0n) is 16.9. The average molecular weight is 439 g/mol. The second-order valence-corrected chi connectivity index (χ2v) is 11.0. The summed E-state index contributed by atoms with van der Waals surface area (Å²) in [6.45, 7) is 1.88. The van der Waals surface area contributed by atoms with Crippen molar-refractivity contribution in [2.24, 2.45) is 0 Å². The van der Waals surface area contributed by atoms with Crippen LogP contribution in [0.1, 0.15) is 36.6 Å². The summed E-state index contributed by atoms with van der Waals surface area (Å²) in [5.41, 5.74) is 1.29. The number of hydrogen-bond donors (Lipinski definition) is 1. The molecule has 0 bridgehead atoms. The summed E-state index contributed by atoms with van der Waals surface area (Å²) in [5, 5.41) is 2.90. The van der Waals surface area contributed by atoms with Gasteiger partial charge >= 0.3 is 0 Å². The van der Waals surface area contributed by atoms with Gasteiger partial charge in [0.2, 0.25) is 15.9 Å². The van der Waals surface area contributed by atoms with Crippen LogP contribution in [0.5, 0.6) is 0 Å². The maximum absolute atomic E-state index is 13.1. The van der Waals surface area contributed by atoms with Gasteiger partial charge in [-0.1, -0.05) is 49.4 Å². The van der Waals surface area contributed by atoms with E-state index >= 15 is 0 Å². The maximum Gasteiger partial charge on any atom is 0.243 e. The lowest BCUT2D eigenvalue weighted by Crippen LogP contribution is -2.42. The van der Waals surface area contributed by atoms with Crippen LogP contribution < -0.4 is 5.32 Å². The summed E-state index contributed by atoms with van der Waals surface area (Å²) in [7, 11) is -5.56. The highest BCUT2D eigenvalue weighted by atomic mass is 32.2. The lowest BCUT2D eigenvalue weighted by Gasteiger charge is -2.28. The molecular formula is C20H26N2O5S2. The highest BCUT2D eigenvalue weighted by Gasteiger charge is 2.31. The van der Waals surface area contributed by atoms with Gasteiger partial charge in [0.1, 0.15) is 6.04 Å². The van der Waals surface area contributed by atoms with Crippen LogP contribution in [0.15, 0.2) is 59.5 Å². The quantitative estimate of drug-likeness (QED) is 0.682. The minimum atomic E-state index is -3.62. The predicted molar refractivity (Wildman–Crippen MR) is 113 cm³/mol. The van der Waals surface area contributed by atoms with E-state index in [1.165, 1.54) is 19.2 Å². The predicted octanol–water partition coefficient (Wildman–Crippen LogP) is 2.29. The van der Waals surface area contributed by atoms with Gasteiger partial charge in [-0.05, 0) is 29.7 Å². The van der Waals surface area contributed by atoms with Gasteiger partial charge in [-0.15, -0.1) is 0 Å². The third-order valence-electron chi connectivity index (χ3n) is 4.69. The number of rotatable bonds is 8. The molecule has 29 heavy (non-hydrogen) atoms. The molecule has 158 valence electrons. The van der Waals surface area contributed by atoms with Gasteiger partial charge in [-0.3, -0.25) is 4.79 Å². The summed E-state index contributed by atoms with van der Waals surface area (Å²) < 4.78 is 48.5. The Morgan fingerprint density at radius 1 is 0.931 bits per heavy atom. The fourth-order valence-electron chi connectivity index (χ4n) is 2.97. The molecule has 9 heteroatoms. The van der Waals surface area contributed by atoms with E-state index in [9.17, 15) is 21.6 Å². The third kappa shape index (κ3) is 5.88. The Morgan fingerprint density at radius 3 is 1.93 bits per heavy atom. The van der Waals surface area contributed by atoms with Crippen LogP contribution >= 0.6 is 0 Å². The SMILES string of the molecule is CC[C@@H](NC(=O)[C@@H](c1ccccc1)N(C)S(C)(=O)=O)c1ccc(S(C)(=O)=O)cc1. The van der Waals surface area contributed by atoms with Crippen LogP contribution in [-0.2, 0) is 24.7 Å². The van der Waals surface area contributed by atoms with Crippen molar-refractivity contribution in [3.05, 3.63) is 65.7 Å². The number of sulfone groups is 1. The summed E-state index contributed by atoms with van der Waals surface area (Å²) in [4.78, 5) is 13.3. The number of carbonyl (C=O) groups excluding carboxylic acids is 1. The van der Waals surface area contributed by atoms with E-state index in [4.69, 9.17) is 0 Å². The monoisotopic (exact) mass is 438 g/mol. The van der Waals surface area contributed by atoms with Gasteiger partial charge < -0.3 is 5.32 Å². The molecule has 0 unspecified atom stereocenters. The molecular weight excluding hydrogens is 412 g/mol. The molecule has 0 aliphatic heterocycles. The number of sulfonamides is 1. The summed E-state index contributed by atoms with van der Waals surface area (Å²) in [6.07, 6.45) is 2.73. The Morgan fingerprint density at radius 2 is 1.48 bits per heavy atom. The molecule has 0 fully saturated rings. The van der Waals surface area contributed by atoms with Gasteiger partial charge in [0, 0.05) is 13.3 Å². The summed E-state index contributed by atoms with van der Waals surface area (Å²) in [6, 6.07) is 13.6. The Labute approximate surface area is 172 Å². The molecule has 0 heterocycles. The molecule has 0 saturated heterocycles. The zero-order valence-corrected chi connectivity index (χ0v) is 18.5. The van der Waals surface area contributed by atoms with E-state index in [2.05, 4.69) is 5.32 Å². The molecule has 0 aliphatic carbocycles. The van der Waals surface area contributed by atoms with Crippen LogP contribution in [0, 0.1) is 0 Å². The van der Waals surface area contributed by atoms with Crippen molar-refractivity contribution in [3.63, 3.8) is 0 Å². The molecule has 0 spiro atoms. The molecule has 2 aromatic rings. The smallest absolute Gasteiger partial charge is 0.243 e. The molecule has 2 atom stereocenters. The van der Waals surface area contributed by atoms with Crippen LogP contribution in [0.4, 0.5) is 0 Å². The topological polar surface area (TPSA) is 101 Å². The first kappa shape index (κ1) is 23.1. The summed E-state index contributed by atoms with van der Waals surface area (Å²) in [5.74, 6) is -0.455. The first-order valence-corrected chi connectivity index (χ1v) is 12.8. The number of nitrogens with zero attached hydrogens (tertiary/aromatic N) is 1. The van der Waals surface area contributed by atoms with E-state index in [0.717, 1.165) is 22.4 Å². The van der Waals surface area contributed by atoms with E-state index in [1.807, 2.05) is 6.92 Å². The molecule has 0 radical (unpaired) electrons. The van der Waals surface area contributed by atoms with E-state index in [1.54, 1.807) is 42.5 Å². The van der Waals surface area contributed by atoms with Crippen molar-refractivity contribution in [2.75, 3.05) is 19.6 Å². The lowest BCUT2D eigenvalue weighted by molar-refractivity contribution is -0.125. The standard InChI is InChI=1S/C20H26N2O5S2/c1-5-18(15-11-13-17(14-12-15)28(3,24)25)21-20(23)19(22(2)29(4,26)27)16-9-7-6-8-10-16/h6-14,18-19H,5H2,1-4H3,(H,21,23)/t18-,19-/m1/s1. The van der Waals surface area contributed by atoms with Gasteiger partial charge in [-0.25, -0.2) is 16.8 Å². The first-order chi connectivity index (χ1) is 13.4. The highest BCUT2D eigenvalue weighted by molar-refractivity contribution is 7.90. The minimum absolute atomic E-state index is 0.196. The number of hydrogen-bond acceptors (Lipinski definition) is 5. The number of nitrogens with one attached hydrogen (secondary N) is 1. The largest absolute Gasteiger partial charge is 0.348 e. The number of amides is 1. The van der Waals surface area contributed by atoms with Crippen LogP contribution in [0.2, 0.25) is 0 Å². The van der Waals surface area contributed by atoms with Crippen LogP contribution in [0.3, 0.4) is 0 Å². The Kier molecular flexibility index (Phi) is 7.20. The van der Waals surface area contributed by atoms with Gasteiger partial charge in [0.25, 0.3) is 0 Å². The van der Waals surface area contributed by atoms with Crippen molar-refractivity contribution in [1.29, 1.82) is 0 Å². The van der Waals surface area contributed by atoms with Crippen LogP contribution in [0.25, 0.3) is 0 Å². The fourth-order valence-corrected chi connectivity index (χ4v) is 4.20. The fraction of sp³-hybridized carbons (Fsp3) is 0.350. The second-order valence-electron chi connectivity index (χ2n) is 6.90. The molecule has 0 saturated carbocycles. The Balaban J connectivity index is 2.33. The van der Waals surface area contributed by atoms with Gasteiger partial charge in [0.15, 0.2) is 9.84 Å². The van der Waals surface area contributed by atoms with Crippen molar-refractivity contribution >= 4 is 25.8 Å². The number of carbonyl (C=O) groups is 1. The molecule has 1 N–H and O–H groups in total.